The van der Waals surface area contributed by atoms with Gasteiger partial charge in [-0.25, -0.2) is 4.98 Å². The zero-order chi connectivity index (χ0) is 13.5. The molecular formula is C13H19FN2O2. The summed E-state index contributed by atoms with van der Waals surface area (Å²) in [5.74, 6) is -0.445. The molecule has 1 heterocycles. The van der Waals surface area contributed by atoms with Gasteiger partial charge in [0.1, 0.15) is 0 Å². The minimum absolute atomic E-state index is 0.0102. The first-order valence-corrected chi connectivity index (χ1v) is 6.05. The molecule has 1 aromatic heterocycles. The molecule has 4 nitrogen and oxygen atoms in total. The molecule has 1 amide bonds. The van der Waals surface area contributed by atoms with Gasteiger partial charge in [-0.15, -0.1) is 0 Å². The van der Waals surface area contributed by atoms with Crippen molar-refractivity contribution in [3.63, 3.8) is 0 Å². The largest absolute Gasteiger partial charge is 0.476 e. The van der Waals surface area contributed by atoms with Gasteiger partial charge in [-0.05, 0) is 31.4 Å². The first kappa shape index (κ1) is 14.4. The maximum Gasteiger partial charge on any atom is 0.260 e. The Hall–Kier alpha value is -1.65. The van der Waals surface area contributed by atoms with Crippen LogP contribution in [-0.4, -0.2) is 23.5 Å². The summed E-state index contributed by atoms with van der Waals surface area (Å²) in [6.45, 7) is 6.34. The Morgan fingerprint density at radius 2 is 2.22 bits per heavy atom. The molecule has 0 aromatic carbocycles. The van der Waals surface area contributed by atoms with Crippen molar-refractivity contribution in [1.29, 1.82) is 0 Å². The predicted octanol–water partition coefficient (Wildman–Crippen LogP) is 2.15. The van der Waals surface area contributed by atoms with Crippen molar-refractivity contribution in [1.82, 2.24) is 10.3 Å². The molecule has 100 valence electrons. The molecule has 1 aromatic rings. The molecule has 0 aliphatic carbocycles. The Balaban J connectivity index is 2.43. The number of hydrogen-bond acceptors (Lipinski definition) is 3. The summed E-state index contributed by atoms with van der Waals surface area (Å²) in [7, 11) is 0. The smallest absolute Gasteiger partial charge is 0.260 e. The summed E-state index contributed by atoms with van der Waals surface area (Å²) >= 11 is 0. The first-order valence-electron chi connectivity index (χ1n) is 6.05. The predicted molar refractivity (Wildman–Crippen MR) is 66.7 cm³/mol. The molecule has 5 heteroatoms. The molecule has 0 saturated carbocycles. The molecule has 1 atom stereocenters. The summed E-state index contributed by atoms with van der Waals surface area (Å²) in [5, 5.41) is 2.75. The summed E-state index contributed by atoms with van der Waals surface area (Å²) < 4.78 is 18.4. The van der Waals surface area contributed by atoms with Gasteiger partial charge in [-0.2, -0.15) is 4.39 Å². The number of hydrogen-bond donors (Lipinski definition) is 1. The fourth-order valence-electron chi connectivity index (χ4n) is 1.33. The van der Waals surface area contributed by atoms with Crippen LogP contribution in [0.25, 0.3) is 0 Å². The van der Waals surface area contributed by atoms with Gasteiger partial charge in [-0.3, -0.25) is 4.79 Å². The zero-order valence-electron chi connectivity index (χ0n) is 10.9. The lowest BCUT2D eigenvalue weighted by Crippen LogP contribution is -2.37. The number of ether oxygens (including phenoxy) is 1. The van der Waals surface area contributed by atoms with E-state index < -0.39 is 12.1 Å². The van der Waals surface area contributed by atoms with Crippen molar-refractivity contribution in [2.75, 3.05) is 6.54 Å². The third kappa shape index (κ3) is 4.69. The Morgan fingerprint density at radius 1 is 1.50 bits per heavy atom. The van der Waals surface area contributed by atoms with Gasteiger partial charge in [0, 0.05) is 12.7 Å². The van der Waals surface area contributed by atoms with Gasteiger partial charge in [-0.1, -0.05) is 13.8 Å². The molecule has 0 bridgehead atoms. The van der Waals surface area contributed by atoms with Crippen LogP contribution in [0, 0.1) is 11.9 Å². The lowest BCUT2D eigenvalue weighted by molar-refractivity contribution is -0.127. The van der Waals surface area contributed by atoms with Crippen LogP contribution in [0.5, 0.6) is 5.75 Å². The lowest BCUT2D eigenvalue weighted by atomic mass is 10.1. The average molecular weight is 254 g/mol. The highest BCUT2D eigenvalue weighted by molar-refractivity contribution is 5.80. The minimum atomic E-state index is -0.740. The quantitative estimate of drug-likeness (QED) is 0.791. The van der Waals surface area contributed by atoms with Crippen LogP contribution < -0.4 is 10.1 Å². The topological polar surface area (TPSA) is 51.2 Å². The number of carbonyl (C=O) groups excluding carboxylic acids is 1. The van der Waals surface area contributed by atoms with E-state index in [2.05, 4.69) is 24.1 Å². The number of rotatable bonds is 6. The molecule has 1 unspecified atom stereocenters. The van der Waals surface area contributed by atoms with E-state index in [0.717, 1.165) is 6.42 Å². The number of nitrogens with one attached hydrogen (secondary N) is 1. The molecule has 1 N–H and O–H groups in total. The van der Waals surface area contributed by atoms with Gasteiger partial charge < -0.3 is 10.1 Å². The second-order valence-electron chi connectivity index (χ2n) is 4.53. The zero-order valence-corrected chi connectivity index (χ0v) is 10.9. The lowest BCUT2D eigenvalue weighted by Gasteiger charge is -2.15. The molecule has 0 saturated heterocycles. The highest BCUT2D eigenvalue weighted by Crippen LogP contribution is 2.14. The first-order chi connectivity index (χ1) is 8.50. The van der Waals surface area contributed by atoms with Gasteiger partial charge >= 0.3 is 0 Å². The molecule has 18 heavy (non-hydrogen) atoms. The summed E-state index contributed by atoms with van der Waals surface area (Å²) in [6.07, 6.45) is 1.49. The number of aromatic nitrogens is 1. The highest BCUT2D eigenvalue weighted by atomic mass is 19.1. The standard InChI is InChI=1S/C13H19FN2O2/c1-9(2)6-8-16-13(17)10(3)18-11-5-4-7-15-12(11)14/h4-5,7,9-10H,6,8H2,1-3H3,(H,16,17). The number of carbonyl (C=O) groups is 1. The Morgan fingerprint density at radius 3 is 2.83 bits per heavy atom. The molecule has 0 spiro atoms. The van der Waals surface area contributed by atoms with Gasteiger partial charge in [0.25, 0.3) is 11.9 Å². The third-order valence-corrected chi connectivity index (χ3v) is 2.42. The normalized spacial score (nSPS) is 12.3. The second kappa shape index (κ2) is 6.93. The minimum Gasteiger partial charge on any atom is -0.476 e. The molecular weight excluding hydrogens is 235 g/mol. The van der Waals surface area contributed by atoms with Crippen LogP contribution >= 0.6 is 0 Å². The Bertz CT molecular complexity index is 396. The molecule has 0 radical (unpaired) electrons. The van der Waals surface area contributed by atoms with Crippen molar-refractivity contribution >= 4 is 5.91 Å². The Labute approximate surface area is 107 Å². The average Bonchev–Trinajstić information content (AvgIpc) is 2.31. The van der Waals surface area contributed by atoms with E-state index in [1.54, 1.807) is 13.0 Å². The van der Waals surface area contributed by atoms with Gasteiger partial charge in [0.05, 0.1) is 0 Å². The SMILES string of the molecule is CC(C)CCNC(=O)C(C)Oc1cccnc1F. The van der Waals surface area contributed by atoms with E-state index in [9.17, 15) is 9.18 Å². The maximum absolute atomic E-state index is 13.2. The van der Waals surface area contributed by atoms with E-state index in [0.29, 0.717) is 12.5 Å². The highest BCUT2D eigenvalue weighted by Gasteiger charge is 2.16. The van der Waals surface area contributed by atoms with E-state index >= 15 is 0 Å². The van der Waals surface area contributed by atoms with Gasteiger partial charge in [0.2, 0.25) is 0 Å². The van der Waals surface area contributed by atoms with Crippen molar-refractivity contribution in [3.05, 3.63) is 24.3 Å². The molecule has 0 aliphatic rings. The van der Waals surface area contributed by atoms with Crippen molar-refractivity contribution < 1.29 is 13.9 Å². The van der Waals surface area contributed by atoms with E-state index in [1.165, 1.54) is 12.3 Å². The fourth-order valence-corrected chi connectivity index (χ4v) is 1.33. The second-order valence-corrected chi connectivity index (χ2v) is 4.53. The maximum atomic E-state index is 13.2. The van der Waals surface area contributed by atoms with E-state index in [-0.39, 0.29) is 11.7 Å². The van der Waals surface area contributed by atoms with Crippen LogP contribution in [-0.2, 0) is 4.79 Å². The monoisotopic (exact) mass is 254 g/mol. The summed E-state index contributed by atoms with van der Waals surface area (Å²) in [4.78, 5) is 15.1. The van der Waals surface area contributed by atoms with Crippen LogP contribution in [0.3, 0.4) is 0 Å². The van der Waals surface area contributed by atoms with Gasteiger partial charge in [0.15, 0.2) is 11.9 Å². The summed E-state index contributed by atoms with van der Waals surface area (Å²) in [5.41, 5.74) is 0. The fraction of sp³-hybridized carbons (Fsp3) is 0.538. The van der Waals surface area contributed by atoms with E-state index in [4.69, 9.17) is 4.74 Å². The number of nitrogens with zero attached hydrogens (tertiary/aromatic N) is 1. The van der Waals surface area contributed by atoms with E-state index in [1.807, 2.05) is 0 Å². The van der Waals surface area contributed by atoms with Crippen LogP contribution in [0.1, 0.15) is 27.2 Å². The number of halogens is 1. The molecule has 0 aliphatic heterocycles. The van der Waals surface area contributed by atoms with Crippen molar-refractivity contribution in [2.45, 2.75) is 33.3 Å². The van der Waals surface area contributed by atoms with Crippen LogP contribution in [0.4, 0.5) is 4.39 Å². The molecule has 0 fully saturated rings. The van der Waals surface area contributed by atoms with Crippen LogP contribution in [0.2, 0.25) is 0 Å². The number of pyridine rings is 1. The van der Waals surface area contributed by atoms with Crippen LogP contribution in [0.15, 0.2) is 18.3 Å². The van der Waals surface area contributed by atoms with Crippen molar-refractivity contribution in [2.24, 2.45) is 5.92 Å². The molecule has 1 rings (SSSR count). The summed E-state index contributed by atoms with van der Waals surface area (Å²) in [6, 6.07) is 3.00. The third-order valence-electron chi connectivity index (χ3n) is 2.42. The Kier molecular flexibility index (Phi) is 5.55. The number of amides is 1. The van der Waals surface area contributed by atoms with Crippen molar-refractivity contribution in [3.8, 4) is 5.75 Å².